The Balaban J connectivity index is 1.77. The number of hydrogen-bond donors (Lipinski definition) is 2. The van der Waals surface area contributed by atoms with Gasteiger partial charge in [0.1, 0.15) is 0 Å². The van der Waals surface area contributed by atoms with Gasteiger partial charge in [-0.1, -0.05) is 0 Å². The second-order valence-electron chi connectivity index (χ2n) is 5.26. The number of nitrogens with one attached hydrogen (secondary N) is 1. The lowest BCUT2D eigenvalue weighted by atomic mass is 10.1. The summed E-state index contributed by atoms with van der Waals surface area (Å²) in [4.78, 5) is 13.6. The van der Waals surface area contributed by atoms with Crippen molar-refractivity contribution in [1.29, 1.82) is 0 Å². The molecule has 96 valence electrons. The van der Waals surface area contributed by atoms with Crippen LogP contribution < -0.4 is 16.0 Å². The molecular weight excluding hydrogens is 226 g/mol. The monoisotopic (exact) mass is 245 g/mol. The highest BCUT2D eigenvalue weighted by Crippen LogP contribution is 2.30. The fourth-order valence-corrected chi connectivity index (χ4v) is 2.99. The van der Waals surface area contributed by atoms with Crippen molar-refractivity contribution in [3.63, 3.8) is 0 Å². The van der Waals surface area contributed by atoms with Crippen LogP contribution in [0.5, 0.6) is 0 Å². The van der Waals surface area contributed by atoms with Gasteiger partial charge in [0.25, 0.3) is 0 Å². The van der Waals surface area contributed by atoms with Crippen LogP contribution in [-0.2, 0) is 6.42 Å². The molecule has 2 aliphatic heterocycles. The van der Waals surface area contributed by atoms with Crippen molar-refractivity contribution in [3.05, 3.63) is 29.3 Å². The van der Waals surface area contributed by atoms with E-state index in [4.69, 9.17) is 5.73 Å². The van der Waals surface area contributed by atoms with E-state index in [0.29, 0.717) is 5.56 Å². The van der Waals surface area contributed by atoms with Crippen molar-refractivity contribution in [2.24, 2.45) is 11.7 Å². The van der Waals surface area contributed by atoms with Gasteiger partial charge in [-0.15, -0.1) is 0 Å². The van der Waals surface area contributed by atoms with Crippen LogP contribution in [0.3, 0.4) is 0 Å². The molecule has 1 aromatic rings. The van der Waals surface area contributed by atoms with Gasteiger partial charge in [0.05, 0.1) is 0 Å². The molecule has 2 heterocycles. The molecule has 18 heavy (non-hydrogen) atoms. The number of hydrogen-bond acceptors (Lipinski definition) is 3. The zero-order valence-corrected chi connectivity index (χ0v) is 10.5. The standard InChI is InChI=1S/C14H19N3O/c15-14(18)12-1-2-13-11(7-12)4-6-17(13)9-10-3-5-16-8-10/h1-2,7,10,16H,3-6,8-9H2,(H2,15,18). The summed E-state index contributed by atoms with van der Waals surface area (Å²) >= 11 is 0. The van der Waals surface area contributed by atoms with Gasteiger partial charge in [0.2, 0.25) is 5.91 Å². The maximum absolute atomic E-state index is 11.2. The predicted octanol–water partition coefficient (Wildman–Crippen LogP) is 0.757. The van der Waals surface area contributed by atoms with Gasteiger partial charge < -0.3 is 16.0 Å². The van der Waals surface area contributed by atoms with Gasteiger partial charge in [-0.2, -0.15) is 0 Å². The number of amides is 1. The highest BCUT2D eigenvalue weighted by molar-refractivity contribution is 5.93. The van der Waals surface area contributed by atoms with Gasteiger partial charge in [-0.25, -0.2) is 0 Å². The molecule has 3 N–H and O–H groups in total. The van der Waals surface area contributed by atoms with Crippen LogP contribution in [0.25, 0.3) is 0 Å². The fourth-order valence-electron chi connectivity index (χ4n) is 2.99. The zero-order chi connectivity index (χ0) is 12.5. The Labute approximate surface area is 107 Å². The number of rotatable bonds is 3. The van der Waals surface area contributed by atoms with E-state index in [1.165, 1.54) is 17.7 Å². The summed E-state index contributed by atoms with van der Waals surface area (Å²) in [7, 11) is 0. The number of benzene rings is 1. The second-order valence-corrected chi connectivity index (χ2v) is 5.26. The number of nitrogens with two attached hydrogens (primary N) is 1. The molecule has 1 aromatic carbocycles. The largest absolute Gasteiger partial charge is 0.371 e. The first kappa shape index (κ1) is 11.5. The minimum Gasteiger partial charge on any atom is -0.371 e. The van der Waals surface area contributed by atoms with E-state index >= 15 is 0 Å². The van der Waals surface area contributed by atoms with Crippen LogP contribution in [0.15, 0.2) is 18.2 Å². The van der Waals surface area contributed by atoms with Gasteiger partial charge in [0.15, 0.2) is 0 Å². The van der Waals surface area contributed by atoms with E-state index < -0.39 is 0 Å². The average molecular weight is 245 g/mol. The number of carbonyl (C=O) groups is 1. The molecule has 1 atom stereocenters. The summed E-state index contributed by atoms with van der Waals surface area (Å²) in [6.07, 6.45) is 2.29. The molecule has 0 saturated carbocycles. The maximum atomic E-state index is 11.2. The predicted molar refractivity (Wildman–Crippen MR) is 71.9 cm³/mol. The quantitative estimate of drug-likeness (QED) is 0.826. The third-order valence-electron chi connectivity index (χ3n) is 4.00. The minimum absolute atomic E-state index is 0.337. The summed E-state index contributed by atoms with van der Waals surface area (Å²) in [5.41, 5.74) is 8.48. The molecule has 0 aliphatic carbocycles. The first-order valence-corrected chi connectivity index (χ1v) is 6.62. The molecule has 1 unspecified atom stereocenters. The third kappa shape index (κ3) is 2.08. The Bertz CT molecular complexity index is 466. The summed E-state index contributed by atoms with van der Waals surface area (Å²) in [5, 5.41) is 3.41. The minimum atomic E-state index is -0.337. The molecule has 2 aliphatic rings. The summed E-state index contributed by atoms with van der Waals surface area (Å²) in [6.45, 7) is 4.46. The van der Waals surface area contributed by atoms with Crippen LogP contribution in [0.4, 0.5) is 5.69 Å². The van der Waals surface area contributed by atoms with E-state index in [2.05, 4.69) is 10.2 Å². The van der Waals surface area contributed by atoms with Crippen LogP contribution in [0, 0.1) is 5.92 Å². The fraction of sp³-hybridized carbons (Fsp3) is 0.500. The molecule has 0 bridgehead atoms. The van der Waals surface area contributed by atoms with Crippen molar-refractivity contribution in [1.82, 2.24) is 5.32 Å². The second kappa shape index (κ2) is 4.61. The highest BCUT2D eigenvalue weighted by atomic mass is 16.1. The number of primary amides is 1. The van der Waals surface area contributed by atoms with Gasteiger partial charge in [-0.3, -0.25) is 4.79 Å². The Kier molecular flexibility index (Phi) is 2.96. The molecule has 1 fully saturated rings. The Morgan fingerprint density at radius 2 is 2.39 bits per heavy atom. The molecule has 0 spiro atoms. The number of fused-ring (bicyclic) bond motifs is 1. The molecule has 4 heteroatoms. The van der Waals surface area contributed by atoms with Crippen LogP contribution >= 0.6 is 0 Å². The number of nitrogens with zero attached hydrogens (tertiary/aromatic N) is 1. The lowest BCUT2D eigenvalue weighted by Crippen LogP contribution is -2.28. The number of anilines is 1. The van der Waals surface area contributed by atoms with Crippen molar-refractivity contribution >= 4 is 11.6 Å². The molecule has 0 radical (unpaired) electrons. The van der Waals surface area contributed by atoms with Gasteiger partial charge in [0, 0.05) is 24.3 Å². The van der Waals surface area contributed by atoms with Gasteiger partial charge in [-0.05, 0) is 55.6 Å². The van der Waals surface area contributed by atoms with Crippen molar-refractivity contribution in [3.8, 4) is 0 Å². The van der Waals surface area contributed by atoms with Crippen molar-refractivity contribution in [2.45, 2.75) is 12.8 Å². The molecule has 4 nitrogen and oxygen atoms in total. The first-order valence-electron chi connectivity index (χ1n) is 6.62. The van der Waals surface area contributed by atoms with Crippen LogP contribution in [0.1, 0.15) is 22.3 Å². The Morgan fingerprint density at radius 1 is 1.50 bits per heavy atom. The summed E-state index contributed by atoms with van der Waals surface area (Å²) in [6, 6.07) is 5.84. The van der Waals surface area contributed by atoms with E-state index in [-0.39, 0.29) is 5.91 Å². The lowest BCUT2D eigenvalue weighted by molar-refractivity contribution is 0.1000. The molecule has 3 rings (SSSR count). The topological polar surface area (TPSA) is 58.4 Å². The average Bonchev–Trinajstić information content (AvgIpc) is 2.99. The molecule has 1 amide bonds. The van der Waals surface area contributed by atoms with Gasteiger partial charge >= 0.3 is 0 Å². The summed E-state index contributed by atoms with van der Waals surface area (Å²) in [5.74, 6) is 0.419. The van der Waals surface area contributed by atoms with E-state index in [1.54, 1.807) is 0 Å². The summed E-state index contributed by atoms with van der Waals surface area (Å²) < 4.78 is 0. The van der Waals surface area contributed by atoms with Crippen molar-refractivity contribution < 1.29 is 4.79 Å². The van der Waals surface area contributed by atoms with E-state index in [9.17, 15) is 4.79 Å². The lowest BCUT2D eigenvalue weighted by Gasteiger charge is -2.23. The Morgan fingerprint density at radius 3 is 3.11 bits per heavy atom. The Hall–Kier alpha value is -1.55. The molecule has 1 saturated heterocycles. The number of carbonyl (C=O) groups excluding carboxylic acids is 1. The normalized spacial score (nSPS) is 22.2. The smallest absolute Gasteiger partial charge is 0.248 e. The van der Waals surface area contributed by atoms with Crippen LogP contribution in [0.2, 0.25) is 0 Å². The molecular formula is C14H19N3O. The zero-order valence-electron chi connectivity index (χ0n) is 10.5. The van der Waals surface area contributed by atoms with E-state index in [0.717, 1.165) is 38.5 Å². The van der Waals surface area contributed by atoms with E-state index in [1.807, 2.05) is 18.2 Å². The maximum Gasteiger partial charge on any atom is 0.248 e. The SMILES string of the molecule is NC(=O)c1ccc2c(c1)CCN2CC1CCNC1. The highest BCUT2D eigenvalue weighted by Gasteiger charge is 2.24. The van der Waals surface area contributed by atoms with Crippen molar-refractivity contribution in [2.75, 3.05) is 31.1 Å². The first-order chi connectivity index (χ1) is 8.74. The molecule has 0 aromatic heterocycles. The third-order valence-corrected chi connectivity index (χ3v) is 4.00. The van der Waals surface area contributed by atoms with Crippen LogP contribution in [-0.4, -0.2) is 32.1 Å².